The van der Waals surface area contributed by atoms with E-state index in [0.29, 0.717) is 22.6 Å². The van der Waals surface area contributed by atoms with Gasteiger partial charge in [-0.15, -0.1) is 0 Å². The van der Waals surface area contributed by atoms with Crippen molar-refractivity contribution in [2.45, 2.75) is 52.4 Å². The summed E-state index contributed by atoms with van der Waals surface area (Å²) in [6, 6.07) is 40.2. The van der Waals surface area contributed by atoms with Gasteiger partial charge in [-0.2, -0.15) is 5.26 Å². The van der Waals surface area contributed by atoms with Crippen LogP contribution in [0.5, 0.6) is 0 Å². The average Bonchev–Trinajstić information content (AvgIpc) is 3.77. The summed E-state index contributed by atoms with van der Waals surface area (Å²) < 4.78 is 11.0. The van der Waals surface area contributed by atoms with Crippen LogP contribution in [0.1, 0.15) is 58.2 Å². The van der Waals surface area contributed by atoms with Crippen molar-refractivity contribution in [3.05, 3.63) is 137 Å². The predicted molar refractivity (Wildman–Crippen MR) is 211 cm³/mol. The Kier molecular flexibility index (Phi) is 6.39. The fourth-order valence-electron chi connectivity index (χ4n) is 7.87. The molecule has 0 aliphatic rings. The van der Waals surface area contributed by atoms with Crippen molar-refractivity contribution in [3.8, 4) is 17.4 Å². The first-order valence-electron chi connectivity index (χ1n) is 17.4. The Balaban J connectivity index is 1.48. The number of hydrogen-bond acceptors (Lipinski definition) is 2. The molecule has 5 heteroatoms. The molecule has 0 amide bonds. The molecule has 9 aromatic rings. The number of rotatable bonds is 2. The summed E-state index contributed by atoms with van der Waals surface area (Å²) in [5.74, 6) is 0. The molecule has 5 nitrogen and oxygen atoms in total. The Labute approximate surface area is 296 Å². The molecule has 0 unspecified atom stereocenters. The molecule has 0 aliphatic carbocycles. The SMILES string of the molecule is [C-]#[N+]c1ccc(C#N)c(-n2c3ccc(C(C)(C)C)cc3c3cc(C(C)(C)C)ccc32)c1-n1c2ccccc2c2c3oc4ccccc4c3ccc21. The Bertz CT molecular complexity index is 2940. The fraction of sp³-hybridized carbons (Fsp3) is 0.174. The maximum Gasteiger partial charge on any atom is 0.212 e. The Morgan fingerprint density at radius 3 is 1.78 bits per heavy atom. The zero-order valence-corrected chi connectivity index (χ0v) is 29.6. The third kappa shape index (κ3) is 4.38. The summed E-state index contributed by atoms with van der Waals surface area (Å²) in [4.78, 5) is 4.12. The van der Waals surface area contributed by atoms with Gasteiger partial charge in [-0.25, -0.2) is 4.85 Å². The van der Waals surface area contributed by atoms with Gasteiger partial charge in [0.25, 0.3) is 0 Å². The van der Waals surface area contributed by atoms with Crippen LogP contribution < -0.4 is 0 Å². The molecule has 0 fully saturated rings. The van der Waals surface area contributed by atoms with Gasteiger partial charge in [0.15, 0.2) is 0 Å². The smallest absolute Gasteiger partial charge is 0.212 e. The van der Waals surface area contributed by atoms with Crippen LogP contribution >= 0.6 is 0 Å². The molecule has 3 heterocycles. The third-order valence-corrected chi connectivity index (χ3v) is 10.5. The van der Waals surface area contributed by atoms with Crippen LogP contribution in [0, 0.1) is 17.9 Å². The average molecular weight is 661 g/mol. The second-order valence-corrected chi connectivity index (χ2v) is 15.6. The lowest BCUT2D eigenvalue weighted by Crippen LogP contribution is -2.10. The predicted octanol–water partition coefficient (Wildman–Crippen LogP) is 12.8. The second kappa shape index (κ2) is 10.6. The first-order valence-corrected chi connectivity index (χ1v) is 17.4. The van der Waals surface area contributed by atoms with Crippen LogP contribution in [0.25, 0.3) is 81.8 Å². The highest BCUT2D eigenvalue weighted by molar-refractivity contribution is 6.24. The van der Waals surface area contributed by atoms with E-state index in [1.165, 1.54) is 11.1 Å². The van der Waals surface area contributed by atoms with E-state index in [1.54, 1.807) is 12.1 Å². The summed E-state index contributed by atoms with van der Waals surface area (Å²) in [7, 11) is 0. The van der Waals surface area contributed by atoms with E-state index in [0.717, 1.165) is 65.6 Å². The Morgan fingerprint density at radius 2 is 1.16 bits per heavy atom. The van der Waals surface area contributed by atoms with Gasteiger partial charge in [0.2, 0.25) is 5.69 Å². The fourth-order valence-corrected chi connectivity index (χ4v) is 7.87. The highest BCUT2D eigenvalue weighted by Crippen LogP contribution is 2.46. The number of aromatic nitrogens is 2. The van der Waals surface area contributed by atoms with Gasteiger partial charge >= 0.3 is 0 Å². The molecule has 0 radical (unpaired) electrons. The van der Waals surface area contributed by atoms with Crippen LogP contribution in [0.2, 0.25) is 0 Å². The van der Waals surface area contributed by atoms with E-state index < -0.39 is 0 Å². The summed E-state index contributed by atoms with van der Waals surface area (Å²) >= 11 is 0. The molecule has 0 saturated carbocycles. The number of benzene rings is 6. The quantitative estimate of drug-likeness (QED) is 0.173. The zero-order valence-electron chi connectivity index (χ0n) is 29.6. The number of fused-ring (bicyclic) bond motifs is 10. The molecule has 0 atom stereocenters. The van der Waals surface area contributed by atoms with Gasteiger partial charge in [-0.1, -0.05) is 102 Å². The van der Waals surface area contributed by atoms with Crippen LogP contribution in [-0.2, 0) is 10.8 Å². The molecule has 3 aromatic heterocycles. The molecular formula is C46H36N4O. The van der Waals surface area contributed by atoms with E-state index in [9.17, 15) is 5.26 Å². The number of nitriles is 1. The van der Waals surface area contributed by atoms with Gasteiger partial charge in [-0.3, -0.25) is 0 Å². The minimum absolute atomic E-state index is 0.0534. The topological polar surface area (TPSA) is 51.1 Å². The van der Waals surface area contributed by atoms with Gasteiger partial charge < -0.3 is 13.6 Å². The molecule has 246 valence electrons. The van der Waals surface area contributed by atoms with Crippen molar-refractivity contribution in [2.75, 3.05) is 0 Å². The van der Waals surface area contributed by atoms with Gasteiger partial charge in [0.1, 0.15) is 17.2 Å². The molecule has 0 saturated heterocycles. The lowest BCUT2D eigenvalue weighted by molar-refractivity contribution is 0.590. The van der Waals surface area contributed by atoms with Crippen LogP contribution in [-0.4, -0.2) is 9.13 Å². The molecule has 9 rings (SSSR count). The standard InChI is InChI=1S/C46H36N4O/c1-45(2,3)28-17-21-37-33(24-28)34-25-29(46(4,5)6)18-22-38(34)49(37)42-27(26-47)16-20-35(48-7)43(42)50-36-14-10-8-13-32(36)41-39(50)23-19-31-30-12-9-11-15-40(30)51-44(31)41/h8-25H,1-6H3. The minimum atomic E-state index is -0.0534. The van der Waals surface area contributed by atoms with Crippen molar-refractivity contribution in [3.63, 3.8) is 0 Å². The second-order valence-electron chi connectivity index (χ2n) is 15.6. The summed E-state index contributed by atoms with van der Waals surface area (Å²) in [6.07, 6.45) is 0. The monoisotopic (exact) mass is 660 g/mol. The number of nitrogens with zero attached hydrogens (tertiary/aromatic N) is 4. The van der Waals surface area contributed by atoms with Crippen molar-refractivity contribution in [1.29, 1.82) is 5.26 Å². The lowest BCUT2D eigenvalue weighted by Gasteiger charge is -2.21. The summed E-state index contributed by atoms with van der Waals surface area (Å²) in [5.41, 5.74) is 10.2. The minimum Gasteiger partial charge on any atom is -0.455 e. The largest absolute Gasteiger partial charge is 0.455 e. The van der Waals surface area contributed by atoms with E-state index in [2.05, 4.69) is 128 Å². The van der Waals surface area contributed by atoms with Crippen LogP contribution in [0.4, 0.5) is 5.69 Å². The van der Waals surface area contributed by atoms with Crippen LogP contribution in [0.15, 0.2) is 114 Å². The first-order chi connectivity index (χ1) is 24.5. The van der Waals surface area contributed by atoms with E-state index >= 15 is 0 Å². The number of furan rings is 1. The van der Waals surface area contributed by atoms with Crippen molar-refractivity contribution in [1.82, 2.24) is 9.13 Å². The van der Waals surface area contributed by atoms with Crippen LogP contribution in [0.3, 0.4) is 0 Å². The Hall–Kier alpha value is -6.30. The maximum atomic E-state index is 10.8. The number of para-hydroxylation sites is 2. The highest BCUT2D eigenvalue weighted by atomic mass is 16.3. The van der Waals surface area contributed by atoms with E-state index in [1.807, 2.05) is 30.3 Å². The van der Waals surface area contributed by atoms with Gasteiger partial charge in [0.05, 0.1) is 51.0 Å². The molecule has 6 aromatic carbocycles. The normalized spacial score (nSPS) is 12.5. The van der Waals surface area contributed by atoms with Gasteiger partial charge in [0, 0.05) is 26.9 Å². The molecule has 51 heavy (non-hydrogen) atoms. The summed E-state index contributed by atoms with van der Waals surface area (Å²) in [5, 5.41) is 17.2. The molecule has 0 spiro atoms. The third-order valence-electron chi connectivity index (χ3n) is 10.5. The molecule has 0 bridgehead atoms. The van der Waals surface area contributed by atoms with Crippen molar-refractivity contribution < 1.29 is 4.42 Å². The zero-order chi connectivity index (χ0) is 35.4. The first kappa shape index (κ1) is 30.7. The molecule has 0 aliphatic heterocycles. The number of hydrogen-bond donors (Lipinski definition) is 0. The molecular weight excluding hydrogens is 625 g/mol. The highest BCUT2D eigenvalue weighted by Gasteiger charge is 2.27. The van der Waals surface area contributed by atoms with Crippen molar-refractivity contribution >= 4 is 71.2 Å². The van der Waals surface area contributed by atoms with E-state index in [-0.39, 0.29) is 10.8 Å². The molecule has 0 N–H and O–H groups in total. The van der Waals surface area contributed by atoms with Gasteiger partial charge in [-0.05, 0) is 70.5 Å². The van der Waals surface area contributed by atoms with E-state index in [4.69, 9.17) is 11.0 Å². The maximum absolute atomic E-state index is 10.8. The summed E-state index contributed by atoms with van der Waals surface area (Å²) in [6.45, 7) is 21.9. The van der Waals surface area contributed by atoms with Crippen molar-refractivity contribution in [2.24, 2.45) is 0 Å². The Morgan fingerprint density at radius 1 is 0.588 bits per heavy atom. The lowest BCUT2D eigenvalue weighted by atomic mass is 9.85.